The number of hydrogen-bond donors (Lipinski definition) is 1. The molecular formula is C16H15N3O3S. The fraction of sp³-hybridized carbons (Fsp3) is 0.250. The van der Waals surface area contributed by atoms with E-state index in [1.165, 1.54) is 0 Å². The minimum atomic E-state index is -0.106. The summed E-state index contributed by atoms with van der Waals surface area (Å²) in [6.07, 6.45) is 4.90. The minimum Gasteiger partial charge on any atom is -0.490 e. The van der Waals surface area contributed by atoms with Crippen LogP contribution < -0.4 is 14.8 Å². The number of carbonyl (C=O) groups excluding carboxylic acids is 1. The van der Waals surface area contributed by atoms with E-state index in [2.05, 4.69) is 10.3 Å². The third-order valence-electron chi connectivity index (χ3n) is 3.52. The summed E-state index contributed by atoms with van der Waals surface area (Å²) in [5.41, 5.74) is 1.45. The van der Waals surface area contributed by atoms with Gasteiger partial charge in [-0.05, 0) is 12.1 Å². The smallest absolute Gasteiger partial charge is 0.230 e. The molecule has 1 amide bonds. The van der Waals surface area contributed by atoms with Crippen molar-refractivity contribution in [1.29, 1.82) is 0 Å². The summed E-state index contributed by atoms with van der Waals surface area (Å²) in [4.78, 5) is 17.5. The monoisotopic (exact) mass is 329 g/mol. The second-order valence-corrected chi connectivity index (χ2v) is 6.14. The highest BCUT2D eigenvalue weighted by Crippen LogP contribution is 2.32. The molecule has 0 spiro atoms. The van der Waals surface area contributed by atoms with Crippen LogP contribution in [-0.2, 0) is 11.2 Å². The summed E-state index contributed by atoms with van der Waals surface area (Å²) < 4.78 is 13.1. The Hall–Kier alpha value is -2.54. The van der Waals surface area contributed by atoms with E-state index in [1.807, 2.05) is 34.3 Å². The quantitative estimate of drug-likeness (QED) is 0.802. The van der Waals surface area contributed by atoms with Crippen molar-refractivity contribution in [2.45, 2.75) is 12.8 Å². The lowest BCUT2D eigenvalue weighted by molar-refractivity contribution is -0.115. The van der Waals surface area contributed by atoms with Gasteiger partial charge in [0.2, 0.25) is 5.91 Å². The first-order valence-corrected chi connectivity index (χ1v) is 8.26. The van der Waals surface area contributed by atoms with Gasteiger partial charge in [0, 0.05) is 35.9 Å². The maximum absolute atomic E-state index is 12.2. The molecule has 0 atom stereocenters. The molecule has 0 saturated carbocycles. The first kappa shape index (κ1) is 14.1. The molecule has 2 aromatic heterocycles. The maximum Gasteiger partial charge on any atom is 0.230 e. The molecular weight excluding hydrogens is 314 g/mol. The van der Waals surface area contributed by atoms with Crippen molar-refractivity contribution in [3.8, 4) is 11.5 Å². The normalized spacial score (nSPS) is 13.7. The molecule has 4 rings (SSSR count). The van der Waals surface area contributed by atoms with Gasteiger partial charge in [-0.2, -0.15) is 0 Å². The number of benzene rings is 1. The molecule has 6 nitrogen and oxygen atoms in total. The molecule has 0 radical (unpaired) electrons. The predicted molar refractivity (Wildman–Crippen MR) is 87.5 cm³/mol. The topological polar surface area (TPSA) is 64.9 Å². The van der Waals surface area contributed by atoms with Gasteiger partial charge in [-0.15, -0.1) is 11.3 Å². The van der Waals surface area contributed by atoms with Crippen molar-refractivity contribution in [3.63, 3.8) is 0 Å². The highest BCUT2D eigenvalue weighted by molar-refractivity contribution is 7.15. The zero-order chi connectivity index (χ0) is 15.6. The van der Waals surface area contributed by atoms with Crippen LogP contribution in [0.1, 0.15) is 12.1 Å². The van der Waals surface area contributed by atoms with Crippen molar-refractivity contribution < 1.29 is 14.3 Å². The second kappa shape index (κ2) is 5.92. The van der Waals surface area contributed by atoms with Crippen molar-refractivity contribution >= 4 is 27.9 Å². The van der Waals surface area contributed by atoms with Crippen LogP contribution in [0, 0.1) is 0 Å². The Labute approximate surface area is 136 Å². The molecule has 7 heteroatoms. The molecule has 0 bridgehead atoms. The molecule has 0 saturated heterocycles. The molecule has 0 unspecified atom stereocenters. The van der Waals surface area contributed by atoms with Crippen molar-refractivity contribution in [2.75, 3.05) is 18.5 Å². The lowest BCUT2D eigenvalue weighted by Crippen LogP contribution is -2.14. The molecule has 0 fully saturated rings. The van der Waals surface area contributed by atoms with E-state index < -0.39 is 0 Å². The number of rotatable bonds is 3. The summed E-state index contributed by atoms with van der Waals surface area (Å²) in [5.74, 6) is 1.28. The third kappa shape index (κ3) is 3.00. The number of nitrogens with one attached hydrogen (secondary N) is 1. The zero-order valence-electron chi connectivity index (χ0n) is 12.3. The number of ether oxygens (including phenoxy) is 2. The third-order valence-corrected chi connectivity index (χ3v) is 4.29. The Bertz CT molecular complexity index is 827. The Kier molecular flexibility index (Phi) is 3.63. The van der Waals surface area contributed by atoms with Crippen LogP contribution >= 0.6 is 11.3 Å². The van der Waals surface area contributed by atoms with Crippen LogP contribution in [0.25, 0.3) is 4.96 Å². The predicted octanol–water partition coefficient (Wildman–Crippen LogP) is 2.74. The van der Waals surface area contributed by atoms with E-state index in [4.69, 9.17) is 9.47 Å². The summed E-state index contributed by atoms with van der Waals surface area (Å²) in [6.45, 7) is 1.27. The number of anilines is 1. The van der Waals surface area contributed by atoms with Gasteiger partial charge in [0.25, 0.3) is 0 Å². The van der Waals surface area contributed by atoms with Crippen molar-refractivity contribution in [3.05, 3.63) is 41.7 Å². The van der Waals surface area contributed by atoms with Gasteiger partial charge in [-0.25, -0.2) is 4.98 Å². The van der Waals surface area contributed by atoms with Crippen LogP contribution in [0.5, 0.6) is 11.5 Å². The summed E-state index contributed by atoms with van der Waals surface area (Å²) in [5, 5.41) is 4.84. The van der Waals surface area contributed by atoms with Gasteiger partial charge >= 0.3 is 0 Å². The molecule has 1 N–H and O–H groups in total. The number of nitrogens with zero attached hydrogens (tertiary/aromatic N) is 2. The maximum atomic E-state index is 12.2. The van der Waals surface area contributed by atoms with Crippen LogP contribution in [0.3, 0.4) is 0 Å². The van der Waals surface area contributed by atoms with E-state index in [0.717, 1.165) is 22.8 Å². The lowest BCUT2D eigenvalue weighted by Gasteiger charge is -2.10. The average molecular weight is 329 g/mol. The number of fused-ring (bicyclic) bond motifs is 2. The SMILES string of the molecule is O=C(Cc1cn2ccsc2n1)Nc1ccc2c(c1)OCCCO2. The van der Waals surface area contributed by atoms with Gasteiger partial charge in [-0.3, -0.25) is 9.20 Å². The highest BCUT2D eigenvalue weighted by Gasteiger charge is 2.13. The van der Waals surface area contributed by atoms with Crippen LogP contribution in [0.2, 0.25) is 0 Å². The largest absolute Gasteiger partial charge is 0.490 e. The lowest BCUT2D eigenvalue weighted by atomic mass is 10.2. The van der Waals surface area contributed by atoms with Crippen LogP contribution in [-0.4, -0.2) is 28.5 Å². The Morgan fingerprint density at radius 1 is 1.30 bits per heavy atom. The number of imidazole rings is 1. The van der Waals surface area contributed by atoms with Crippen molar-refractivity contribution in [1.82, 2.24) is 9.38 Å². The minimum absolute atomic E-state index is 0.106. The number of hydrogen-bond acceptors (Lipinski definition) is 5. The Morgan fingerprint density at radius 2 is 2.17 bits per heavy atom. The number of aromatic nitrogens is 2. The second-order valence-electron chi connectivity index (χ2n) is 5.26. The zero-order valence-corrected chi connectivity index (χ0v) is 13.1. The first-order valence-electron chi connectivity index (χ1n) is 7.38. The molecule has 118 valence electrons. The number of thiazole rings is 1. The Morgan fingerprint density at radius 3 is 3.04 bits per heavy atom. The molecule has 1 aliphatic heterocycles. The van der Waals surface area contributed by atoms with Crippen molar-refractivity contribution in [2.24, 2.45) is 0 Å². The summed E-state index contributed by atoms with van der Waals surface area (Å²) in [6, 6.07) is 5.43. The van der Waals surface area contributed by atoms with Gasteiger partial charge in [-0.1, -0.05) is 0 Å². The number of amides is 1. The van der Waals surface area contributed by atoms with E-state index in [1.54, 1.807) is 17.4 Å². The van der Waals surface area contributed by atoms with E-state index in [9.17, 15) is 4.79 Å². The molecule has 1 aliphatic rings. The van der Waals surface area contributed by atoms with E-state index in [0.29, 0.717) is 24.7 Å². The van der Waals surface area contributed by atoms with Crippen LogP contribution in [0.15, 0.2) is 36.0 Å². The van der Waals surface area contributed by atoms with E-state index in [-0.39, 0.29) is 12.3 Å². The average Bonchev–Trinajstić information content (AvgIpc) is 3.01. The summed E-state index contributed by atoms with van der Waals surface area (Å²) in [7, 11) is 0. The van der Waals surface area contributed by atoms with Gasteiger partial charge in [0.05, 0.1) is 25.3 Å². The molecule has 23 heavy (non-hydrogen) atoms. The molecule has 3 aromatic rings. The highest BCUT2D eigenvalue weighted by atomic mass is 32.1. The van der Waals surface area contributed by atoms with Gasteiger partial charge < -0.3 is 14.8 Å². The fourth-order valence-corrected chi connectivity index (χ4v) is 3.19. The van der Waals surface area contributed by atoms with E-state index >= 15 is 0 Å². The number of carbonyl (C=O) groups is 1. The first-order chi connectivity index (χ1) is 11.3. The standard InChI is InChI=1S/C16H15N3O3S/c20-15(9-12-10-19-4-7-23-16(19)18-12)17-11-2-3-13-14(8-11)22-6-1-5-21-13/h2-4,7-8,10H,1,5-6,9H2,(H,17,20). The Balaban J connectivity index is 1.45. The molecule has 1 aromatic carbocycles. The van der Waals surface area contributed by atoms with Gasteiger partial charge in [0.15, 0.2) is 16.5 Å². The summed E-state index contributed by atoms with van der Waals surface area (Å²) >= 11 is 1.55. The van der Waals surface area contributed by atoms with Crippen LogP contribution in [0.4, 0.5) is 5.69 Å². The molecule has 3 heterocycles. The fourth-order valence-electron chi connectivity index (χ4n) is 2.47. The molecule has 0 aliphatic carbocycles. The van der Waals surface area contributed by atoms with Gasteiger partial charge in [0.1, 0.15) is 0 Å².